The van der Waals surface area contributed by atoms with Crippen LogP contribution in [0.15, 0.2) is 42.7 Å². The molecule has 3 heterocycles. The third-order valence-corrected chi connectivity index (χ3v) is 5.80. The lowest BCUT2D eigenvalue weighted by molar-refractivity contribution is -0.133. The Morgan fingerprint density at radius 3 is 2.73 bits per heavy atom. The van der Waals surface area contributed by atoms with Crippen LogP contribution in [0.1, 0.15) is 48.5 Å². The van der Waals surface area contributed by atoms with Crippen molar-refractivity contribution in [2.75, 3.05) is 25.5 Å². The minimum atomic E-state index is -0.183. The second-order valence-corrected chi connectivity index (χ2v) is 8.16. The predicted octanol–water partition coefficient (Wildman–Crippen LogP) is 3.71. The molecule has 1 N–H and O–H groups in total. The van der Waals surface area contributed by atoms with Crippen molar-refractivity contribution in [3.8, 4) is 11.3 Å². The van der Waals surface area contributed by atoms with Crippen LogP contribution in [0.2, 0.25) is 0 Å². The maximum atomic E-state index is 13.4. The highest BCUT2D eigenvalue weighted by Gasteiger charge is 2.35. The van der Waals surface area contributed by atoms with Gasteiger partial charge in [-0.05, 0) is 38.3 Å². The van der Waals surface area contributed by atoms with Gasteiger partial charge in [0.15, 0.2) is 0 Å². The Morgan fingerprint density at radius 2 is 2.00 bits per heavy atom. The molecule has 1 amide bonds. The van der Waals surface area contributed by atoms with Gasteiger partial charge in [-0.1, -0.05) is 29.8 Å². The van der Waals surface area contributed by atoms with Crippen LogP contribution < -0.4 is 4.90 Å². The van der Waals surface area contributed by atoms with Crippen LogP contribution in [0.5, 0.6) is 0 Å². The molecule has 0 saturated carbocycles. The zero-order valence-electron chi connectivity index (χ0n) is 18.0. The summed E-state index contributed by atoms with van der Waals surface area (Å²) in [6.45, 7) is 4.80. The van der Waals surface area contributed by atoms with Gasteiger partial charge in [-0.25, -0.2) is 9.97 Å². The van der Waals surface area contributed by atoms with Gasteiger partial charge in [0.25, 0.3) is 0 Å². The number of likely N-dealkylation sites (tertiary alicyclic amines) is 1. The normalized spacial score (nSPS) is 17.2. The molecule has 0 unspecified atom stereocenters. The van der Waals surface area contributed by atoms with Crippen molar-refractivity contribution in [1.29, 1.82) is 0 Å². The zero-order valence-corrected chi connectivity index (χ0v) is 18.0. The van der Waals surface area contributed by atoms with E-state index in [9.17, 15) is 4.79 Å². The monoisotopic (exact) mass is 404 g/mol. The molecular weight excluding hydrogens is 376 g/mol. The fraction of sp³-hybridized carbons (Fsp3) is 0.391. The van der Waals surface area contributed by atoms with Gasteiger partial charge < -0.3 is 9.80 Å². The molecule has 0 radical (unpaired) electrons. The standard InChI is InChI=1S/C23H28N6O/c1-15-7-9-17(10-8-15)16(2)22(30)29-13-5-6-20(29)21-18(14-25-27-21)19-11-12-24-23(26-19)28(3)4/h7-12,14,16,20H,5-6,13H2,1-4H3,(H,25,27)/t16-,20+/m1/s1. The number of carbonyl (C=O) groups is 1. The molecule has 1 aromatic carbocycles. The van der Waals surface area contributed by atoms with Crippen LogP contribution in [0.3, 0.4) is 0 Å². The molecule has 1 fully saturated rings. The largest absolute Gasteiger partial charge is 0.347 e. The number of aryl methyl sites for hydroxylation is 1. The summed E-state index contributed by atoms with van der Waals surface area (Å²) in [6.07, 6.45) is 5.43. The summed E-state index contributed by atoms with van der Waals surface area (Å²) in [5.41, 5.74) is 4.92. The lowest BCUT2D eigenvalue weighted by Crippen LogP contribution is -2.34. The topological polar surface area (TPSA) is 78.0 Å². The summed E-state index contributed by atoms with van der Waals surface area (Å²) in [6, 6.07) is 10.1. The van der Waals surface area contributed by atoms with E-state index in [1.54, 1.807) is 12.4 Å². The molecular formula is C23H28N6O. The van der Waals surface area contributed by atoms with E-state index < -0.39 is 0 Å². The number of benzene rings is 1. The smallest absolute Gasteiger partial charge is 0.230 e. The number of anilines is 1. The van der Waals surface area contributed by atoms with E-state index in [1.165, 1.54) is 5.56 Å². The summed E-state index contributed by atoms with van der Waals surface area (Å²) < 4.78 is 0. The Labute approximate surface area is 177 Å². The Bertz CT molecular complexity index is 1030. The molecule has 2 atom stereocenters. The SMILES string of the molecule is Cc1ccc([C@@H](C)C(=O)N2CCC[C@H]2c2[nH]ncc2-c2ccnc(N(C)C)n2)cc1. The highest BCUT2D eigenvalue weighted by Crippen LogP contribution is 2.37. The van der Waals surface area contributed by atoms with E-state index >= 15 is 0 Å². The Morgan fingerprint density at radius 1 is 1.23 bits per heavy atom. The molecule has 30 heavy (non-hydrogen) atoms. The number of H-pyrrole nitrogens is 1. The molecule has 7 heteroatoms. The van der Waals surface area contributed by atoms with Crippen LogP contribution in [0.4, 0.5) is 5.95 Å². The number of aromatic amines is 1. The molecule has 0 spiro atoms. The molecule has 1 aliphatic heterocycles. The first kappa shape index (κ1) is 20.1. The first-order chi connectivity index (χ1) is 14.5. The van der Waals surface area contributed by atoms with E-state index in [0.29, 0.717) is 5.95 Å². The Balaban J connectivity index is 1.62. The van der Waals surface area contributed by atoms with Crippen molar-refractivity contribution >= 4 is 11.9 Å². The average molecular weight is 405 g/mol. The number of rotatable bonds is 5. The number of hydrogen-bond acceptors (Lipinski definition) is 5. The third kappa shape index (κ3) is 3.79. The molecule has 0 aliphatic carbocycles. The molecule has 3 aromatic rings. The Hall–Kier alpha value is -3.22. The van der Waals surface area contributed by atoms with Crippen LogP contribution >= 0.6 is 0 Å². The minimum Gasteiger partial charge on any atom is -0.347 e. The molecule has 156 valence electrons. The van der Waals surface area contributed by atoms with E-state index in [4.69, 9.17) is 0 Å². The number of nitrogens with one attached hydrogen (secondary N) is 1. The summed E-state index contributed by atoms with van der Waals surface area (Å²) in [7, 11) is 3.83. The maximum absolute atomic E-state index is 13.4. The fourth-order valence-corrected chi connectivity index (χ4v) is 4.05. The molecule has 7 nitrogen and oxygen atoms in total. The maximum Gasteiger partial charge on any atom is 0.230 e. The molecule has 1 aliphatic rings. The van der Waals surface area contributed by atoms with Gasteiger partial charge in [0.1, 0.15) is 0 Å². The van der Waals surface area contributed by atoms with Crippen molar-refractivity contribution < 1.29 is 4.79 Å². The van der Waals surface area contributed by atoms with Gasteiger partial charge in [0, 0.05) is 32.4 Å². The van der Waals surface area contributed by atoms with E-state index in [-0.39, 0.29) is 17.9 Å². The van der Waals surface area contributed by atoms with Crippen LogP contribution in [-0.4, -0.2) is 51.6 Å². The number of aromatic nitrogens is 4. The molecule has 0 bridgehead atoms. The summed E-state index contributed by atoms with van der Waals surface area (Å²) in [4.78, 5) is 26.2. The van der Waals surface area contributed by atoms with Crippen LogP contribution in [-0.2, 0) is 4.79 Å². The minimum absolute atomic E-state index is 0.0272. The first-order valence-electron chi connectivity index (χ1n) is 10.4. The fourth-order valence-electron chi connectivity index (χ4n) is 4.05. The molecule has 4 rings (SSSR count). The molecule has 2 aromatic heterocycles. The van der Waals surface area contributed by atoms with Crippen molar-refractivity contribution in [2.24, 2.45) is 0 Å². The van der Waals surface area contributed by atoms with Gasteiger partial charge in [0.05, 0.1) is 29.5 Å². The van der Waals surface area contributed by atoms with Crippen molar-refractivity contribution in [1.82, 2.24) is 25.1 Å². The highest BCUT2D eigenvalue weighted by molar-refractivity contribution is 5.84. The molecule has 1 saturated heterocycles. The van der Waals surface area contributed by atoms with Gasteiger partial charge >= 0.3 is 0 Å². The summed E-state index contributed by atoms with van der Waals surface area (Å²) in [5, 5.41) is 7.44. The van der Waals surface area contributed by atoms with E-state index in [1.807, 2.05) is 49.0 Å². The van der Waals surface area contributed by atoms with Gasteiger partial charge in [-0.3, -0.25) is 9.89 Å². The van der Waals surface area contributed by atoms with Gasteiger partial charge in [-0.2, -0.15) is 5.10 Å². The highest BCUT2D eigenvalue weighted by atomic mass is 16.2. The van der Waals surface area contributed by atoms with Gasteiger partial charge in [0.2, 0.25) is 11.9 Å². The quantitative estimate of drug-likeness (QED) is 0.701. The van der Waals surface area contributed by atoms with Gasteiger partial charge in [-0.15, -0.1) is 0 Å². The average Bonchev–Trinajstić information content (AvgIpc) is 3.42. The van der Waals surface area contributed by atoms with Crippen LogP contribution in [0.25, 0.3) is 11.3 Å². The summed E-state index contributed by atoms with van der Waals surface area (Å²) >= 11 is 0. The van der Waals surface area contributed by atoms with Crippen molar-refractivity contribution in [3.05, 3.63) is 59.5 Å². The second kappa shape index (κ2) is 8.26. The number of carbonyl (C=O) groups excluding carboxylic acids is 1. The van der Waals surface area contributed by atoms with Crippen molar-refractivity contribution in [2.45, 2.75) is 38.6 Å². The predicted molar refractivity (Wildman–Crippen MR) is 117 cm³/mol. The number of amides is 1. The zero-order chi connectivity index (χ0) is 21.3. The van der Waals surface area contributed by atoms with Crippen molar-refractivity contribution in [3.63, 3.8) is 0 Å². The number of nitrogens with zero attached hydrogens (tertiary/aromatic N) is 5. The van der Waals surface area contributed by atoms with Crippen LogP contribution in [0, 0.1) is 6.92 Å². The third-order valence-electron chi connectivity index (χ3n) is 5.80. The van der Waals surface area contributed by atoms with E-state index in [2.05, 4.69) is 39.2 Å². The lowest BCUT2D eigenvalue weighted by Gasteiger charge is -2.28. The summed E-state index contributed by atoms with van der Waals surface area (Å²) in [5.74, 6) is 0.613. The first-order valence-corrected chi connectivity index (χ1v) is 10.4. The lowest BCUT2D eigenvalue weighted by atomic mass is 9.97. The Kier molecular flexibility index (Phi) is 5.53. The van der Waals surface area contributed by atoms with E-state index in [0.717, 1.165) is 41.9 Å². The number of hydrogen-bond donors (Lipinski definition) is 1. The second-order valence-electron chi connectivity index (χ2n) is 8.16.